The van der Waals surface area contributed by atoms with Crippen molar-refractivity contribution in [2.75, 3.05) is 20.2 Å². The lowest BCUT2D eigenvalue weighted by Gasteiger charge is -2.31. The lowest BCUT2D eigenvalue weighted by atomic mass is 9.91. The van der Waals surface area contributed by atoms with E-state index in [0.29, 0.717) is 13.2 Å². The molecule has 0 radical (unpaired) electrons. The molecule has 0 fully saturated rings. The SMILES string of the molecule is CN(C[C@H]1OCCc2c(-c3cocn3)cccc21)C(=O)OC(C)(C)C. The molecule has 2 aromatic rings. The summed E-state index contributed by atoms with van der Waals surface area (Å²) >= 11 is 0. The molecule has 6 nitrogen and oxygen atoms in total. The van der Waals surface area contributed by atoms with Crippen molar-refractivity contribution in [2.45, 2.75) is 38.9 Å². The van der Waals surface area contributed by atoms with Gasteiger partial charge in [0.15, 0.2) is 6.39 Å². The minimum Gasteiger partial charge on any atom is -0.451 e. The van der Waals surface area contributed by atoms with E-state index in [0.717, 1.165) is 23.2 Å². The summed E-state index contributed by atoms with van der Waals surface area (Å²) in [5.74, 6) is 0. The molecule has 0 N–H and O–H groups in total. The number of oxazole rings is 1. The Hall–Kier alpha value is -2.34. The molecule has 1 atom stereocenters. The number of carbonyl (C=O) groups excluding carboxylic acids is 1. The van der Waals surface area contributed by atoms with E-state index in [2.05, 4.69) is 4.98 Å². The van der Waals surface area contributed by atoms with Crippen molar-refractivity contribution in [2.24, 2.45) is 0 Å². The summed E-state index contributed by atoms with van der Waals surface area (Å²) in [6, 6.07) is 6.07. The largest absolute Gasteiger partial charge is 0.451 e. The first-order valence-electron chi connectivity index (χ1n) is 8.41. The molecular formula is C19H24N2O4. The van der Waals surface area contributed by atoms with E-state index in [4.69, 9.17) is 13.9 Å². The number of hydrogen-bond acceptors (Lipinski definition) is 5. The molecule has 0 unspecified atom stereocenters. The summed E-state index contributed by atoms with van der Waals surface area (Å²) < 4.78 is 16.5. The highest BCUT2D eigenvalue weighted by molar-refractivity contribution is 5.68. The second kappa shape index (κ2) is 6.88. The van der Waals surface area contributed by atoms with Gasteiger partial charge in [-0.1, -0.05) is 18.2 Å². The average Bonchev–Trinajstić information content (AvgIpc) is 3.07. The van der Waals surface area contributed by atoms with Gasteiger partial charge >= 0.3 is 6.09 Å². The van der Waals surface area contributed by atoms with Crippen molar-refractivity contribution in [1.82, 2.24) is 9.88 Å². The highest BCUT2D eigenvalue weighted by Crippen LogP contribution is 2.34. The third-order valence-corrected chi connectivity index (χ3v) is 4.08. The number of nitrogens with zero attached hydrogens (tertiary/aromatic N) is 2. The van der Waals surface area contributed by atoms with E-state index >= 15 is 0 Å². The smallest absolute Gasteiger partial charge is 0.410 e. The predicted molar refractivity (Wildman–Crippen MR) is 93.2 cm³/mol. The van der Waals surface area contributed by atoms with Crippen LogP contribution >= 0.6 is 0 Å². The summed E-state index contributed by atoms with van der Waals surface area (Å²) in [6.07, 6.45) is 3.35. The lowest BCUT2D eigenvalue weighted by Crippen LogP contribution is -2.38. The number of amides is 1. The van der Waals surface area contributed by atoms with Gasteiger partial charge in [-0.3, -0.25) is 0 Å². The van der Waals surface area contributed by atoms with Crippen LogP contribution in [0, 0.1) is 0 Å². The lowest BCUT2D eigenvalue weighted by molar-refractivity contribution is -0.00157. The number of rotatable bonds is 3. The van der Waals surface area contributed by atoms with Crippen molar-refractivity contribution in [3.05, 3.63) is 42.0 Å². The van der Waals surface area contributed by atoms with Gasteiger partial charge in [0.2, 0.25) is 0 Å². The number of carbonyl (C=O) groups is 1. The molecular weight excluding hydrogens is 320 g/mol. The van der Waals surface area contributed by atoms with E-state index in [-0.39, 0.29) is 12.2 Å². The third-order valence-electron chi connectivity index (χ3n) is 4.08. The van der Waals surface area contributed by atoms with Crippen molar-refractivity contribution >= 4 is 6.09 Å². The molecule has 1 aromatic carbocycles. The second-order valence-corrected chi connectivity index (χ2v) is 7.22. The number of benzene rings is 1. The van der Waals surface area contributed by atoms with Crippen LogP contribution in [0.5, 0.6) is 0 Å². The van der Waals surface area contributed by atoms with Crippen LogP contribution < -0.4 is 0 Å². The molecule has 0 saturated heterocycles. The fourth-order valence-corrected chi connectivity index (χ4v) is 2.98. The van der Waals surface area contributed by atoms with E-state index < -0.39 is 5.60 Å². The number of hydrogen-bond donors (Lipinski definition) is 0. The minimum absolute atomic E-state index is 0.187. The van der Waals surface area contributed by atoms with Gasteiger partial charge in [-0.05, 0) is 38.3 Å². The van der Waals surface area contributed by atoms with Gasteiger partial charge in [-0.15, -0.1) is 0 Å². The van der Waals surface area contributed by atoms with E-state index in [1.807, 2.05) is 39.0 Å². The maximum absolute atomic E-state index is 12.2. The molecule has 6 heteroatoms. The number of ether oxygens (including phenoxy) is 2. The Balaban J connectivity index is 1.80. The molecule has 0 aliphatic carbocycles. The summed E-state index contributed by atoms with van der Waals surface area (Å²) in [5.41, 5.74) is 3.64. The quantitative estimate of drug-likeness (QED) is 0.847. The van der Waals surface area contributed by atoms with E-state index in [9.17, 15) is 4.79 Å². The molecule has 134 valence electrons. The molecule has 0 spiro atoms. The van der Waals surface area contributed by atoms with Crippen molar-refractivity contribution in [1.29, 1.82) is 0 Å². The number of aromatic nitrogens is 1. The van der Waals surface area contributed by atoms with Gasteiger partial charge in [-0.2, -0.15) is 0 Å². The first-order valence-corrected chi connectivity index (χ1v) is 8.41. The monoisotopic (exact) mass is 344 g/mol. The minimum atomic E-state index is -0.517. The second-order valence-electron chi connectivity index (χ2n) is 7.22. The van der Waals surface area contributed by atoms with Crippen LogP contribution in [0.3, 0.4) is 0 Å². The molecule has 0 saturated carbocycles. The van der Waals surface area contributed by atoms with Crippen molar-refractivity contribution < 1.29 is 18.7 Å². The van der Waals surface area contributed by atoms with Crippen LogP contribution in [-0.4, -0.2) is 41.8 Å². The third kappa shape index (κ3) is 4.02. The van der Waals surface area contributed by atoms with E-state index in [1.54, 1.807) is 18.2 Å². The van der Waals surface area contributed by atoms with Gasteiger partial charge in [0, 0.05) is 12.6 Å². The zero-order valence-electron chi connectivity index (χ0n) is 15.1. The van der Waals surface area contributed by atoms with Gasteiger partial charge in [0.1, 0.15) is 23.7 Å². The van der Waals surface area contributed by atoms with Crippen LogP contribution in [0.4, 0.5) is 4.79 Å². The molecule has 1 amide bonds. The maximum atomic E-state index is 12.2. The fourth-order valence-electron chi connectivity index (χ4n) is 2.98. The standard InChI is InChI=1S/C19H24N2O4/c1-19(2,3)25-18(22)21(4)10-17-15-7-5-6-14(13(15)8-9-24-17)16-11-23-12-20-16/h5-7,11-12,17H,8-10H2,1-4H3/t17-/m1/s1. The fraction of sp³-hybridized carbons (Fsp3) is 0.474. The normalized spacial score (nSPS) is 17.0. The molecule has 1 aliphatic rings. The van der Waals surface area contributed by atoms with Crippen molar-refractivity contribution in [3.63, 3.8) is 0 Å². The molecule has 25 heavy (non-hydrogen) atoms. The summed E-state index contributed by atoms with van der Waals surface area (Å²) in [7, 11) is 1.73. The molecule has 0 bridgehead atoms. The molecule has 1 aliphatic heterocycles. The summed E-state index contributed by atoms with van der Waals surface area (Å²) in [5, 5.41) is 0. The maximum Gasteiger partial charge on any atom is 0.410 e. The van der Waals surface area contributed by atoms with Crippen LogP contribution in [0.2, 0.25) is 0 Å². The Morgan fingerprint density at radius 2 is 2.20 bits per heavy atom. The van der Waals surface area contributed by atoms with Crippen LogP contribution in [0.1, 0.15) is 38.0 Å². The van der Waals surface area contributed by atoms with Gasteiger partial charge < -0.3 is 18.8 Å². The highest BCUT2D eigenvalue weighted by Gasteiger charge is 2.28. The Bertz CT molecular complexity index is 734. The average molecular weight is 344 g/mol. The molecule has 3 rings (SSSR count). The van der Waals surface area contributed by atoms with Crippen molar-refractivity contribution in [3.8, 4) is 11.3 Å². The first-order chi connectivity index (χ1) is 11.8. The first kappa shape index (κ1) is 17.5. The van der Waals surface area contributed by atoms with E-state index in [1.165, 1.54) is 12.0 Å². The highest BCUT2D eigenvalue weighted by atomic mass is 16.6. The summed E-state index contributed by atoms with van der Waals surface area (Å²) in [4.78, 5) is 18.0. The van der Waals surface area contributed by atoms with Gasteiger partial charge in [0.25, 0.3) is 0 Å². The number of fused-ring (bicyclic) bond motifs is 1. The zero-order chi connectivity index (χ0) is 18.0. The predicted octanol–water partition coefficient (Wildman–Crippen LogP) is 3.82. The molecule has 1 aromatic heterocycles. The van der Waals surface area contributed by atoms with Gasteiger partial charge in [-0.25, -0.2) is 9.78 Å². The number of likely N-dealkylation sites (N-methyl/N-ethyl adjacent to an activating group) is 1. The Labute approximate surface area is 147 Å². The van der Waals surface area contributed by atoms with Crippen LogP contribution in [0.25, 0.3) is 11.3 Å². The van der Waals surface area contributed by atoms with Crippen LogP contribution in [0.15, 0.2) is 35.3 Å². The Morgan fingerprint density at radius 1 is 1.40 bits per heavy atom. The summed E-state index contributed by atoms with van der Waals surface area (Å²) in [6.45, 7) is 6.61. The zero-order valence-corrected chi connectivity index (χ0v) is 15.1. The molecule has 2 heterocycles. The van der Waals surface area contributed by atoms with Crippen LogP contribution in [-0.2, 0) is 15.9 Å². The Morgan fingerprint density at radius 3 is 2.88 bits per heavy atom. The topological polar surface area (TPSA) is 64.8 Å². The van der Waals surface area contributed by atoms with Gasteiger partial charge in [0.05, 0.1) is 13.2 Å². The Kier molecular flexibility index (Phi) is 4.81.